The molecule has 1 fully saturated rings. The van der Waals surface area contributed by atoms with E-state index in [1.807, 2.05) is 4.57 Å². The van der Waals surface area contributed by atoms with E-state index in [0.29, 0.717) is 5.92 Å². The van der Waals surface area contributed by atoms with Crippen LogP contribution in [0.2, 0.25) is 0 Å². The average molecular weight is 312 g/mol. The van der Waals surface area contributed by atoms with Gasteiger partial charge >= 0.3 is 0 Å². The van der Waals surface area contributed by atoms with E-state index < -0.39 is 0 Å². The monoisotopic (exact) mass is 312 g/mol. The lowest BCUT2D eigenvalue weighted by Gasteiger charge is -2.22. The largest absolute Gasteiger partial charge is 0.317 e. The molecule has 0 unspecified atom stereocenters. The Labute approximate surface area is 133 Å². The Morgan fingerprint density at radius 3 is 2.35 bits per heavy atom. The topological polar surface area (TPSA) is 17.0 Å². The fourth-order valence-electron chi connectivity index (χ4n) is 3.50. The lowest BCUT2D eigenvalue weighted by atomic mass is 9.90. The highest BCUT2D eigenvalue weighted by atomic mass is 19.1. The first-order valence-electron chi connectivity index (χ1n) is 7.99. The molecule has 0 aliphatic carbocycles. The second-order valence-corrected chi connectivity index (χ2v) is 6.12. The number of fused-ring (bicyclic) bond motifs is 1. The maximum Gasteiger partial charge on any atom is 0.123 e. The van der Waals surface area contributed by atoms with Gasteiger partial charge in [0.1, 0.15) is 11.6 Å². The summed E-state index contributed by atoms with van der Waals surface area (Å²) in [5.41, 5.74) is 3.04. The molecular formula is C19H18F2N2. The highest BCUT2D eigenvalue weighted by Gasteiger charge is 2.21. The molecular weight excluding hydrogens is 294 g/mol. The van der Waals surface area contributed by atoms with Gasteiger partial charge in [-0.25, -0.2) is 8.78 Å². The molecule has 23 heavy (non-hydrogen) atoms. The van der Waals surface area contributed by atoms with Gasteiger partial charge in [0, 0.05) is 17.3 Å². The fourth-order valence-corrected chi connectivity index (χ4v) is 3.50. The Hall–Kier alpha value is -2.20. The van der Waals surface area contributed by atoms with E-state index in [1.165, 1.54) is 23.8 Å². The highest BCUT2D eigenvalue weighted by molar-refractivity contribution is 5.86. The molecule has 0 radical (unpaired) electrons. The number of piperidine rings is 1. The Bertz CT molecular complexity index is 830. The van der Waals surface area contributed by atoms with Crippen LogP contribution in [0.4, 0.5) is 8.78 Å². The normalized spacial score (nSPS) is 16.1. The van der Waals surface area contributed by atoms with E-state index in [2.05, 4.69) is 11.5 Å². The molecule has 2 aromatic carbocycles. The second kappa shape index (κ2) is 5.78. The van der Waals surface area contributed by atoms with Crippen LogP contribution in [0, 0.1) is 11.6 Å². The molecule has 4 rings (SSSR count). The molecule has 2 nitrogen and oxygen atoms in total. The minimum absolute atomic E-state index is 0.218. The fraction of sp³-hybridized carbons (Fsp3) is 0.263. The predicted molar refractivity (Wildman–Crippen MR) is 88.0 cm³/mol. The zero-order valence-corrected chi connectivity index (χ0v) is 12.7. The summed E-state index contributed by atoms with van der Waals surface area (Å²) in [5.74, 6) is -0.0402. The summed E-state index contributed by atoms with van der Waals surface area (Å²) in [6, 6.07) is 11.3. The van der Waals surface area contributed by atoms with Crippen molar-refractivity contribution in [3.8, 4) is 5.69 Å². The Morgan fingerprint density at radius 2 is 1.61 bits per heavy atom. The van der Waals surface area contributed by atoms with Crippen molar-refractivity contribution in [3.63, 3.8) is 0 Å². The molecule has 0 bridgehead atoms. The predicted octanol–water partition coefficient (Wildman–Crippen LogP) is 4.38. The zero-order valence-electron chi connectivity index (χ0n) is 12.7. The summed E-state index contributed by atoms with van der Waals surface area (Å²) in [6.45, 7) is 1.98. The van der Waals surface area contributed by atoms with Gasteiger partial charge in [-0.3, -0.25) is 0 Å². The molecule has 1 aliphatic rings. The van der Waals surface area contributed by atoms with Crippen molar-refractivity contribution in [3.05, 3.63) is 65.9 Å². The molecule has 1 N–H and O–H groups in total. The van der Waals surface area contributed by atoms with Crippen molar-refractivity contribution in [1.29, 1.82) is 0 Å². The van der Waals surface area contributed by atoms with Crippen molar-refractivity contribution < 1.29 is 8.78 Å². The first-order chi connectivity index (χ1) is 11.2. The van der Waals surface area contributed by atoms with E-state index >= 15 is 0 Å². The van der Waals surface area contributed by atoms with Gasteiger partial charge in [-0.1, -0.05) is 0 Å². The van der Waals surface area contributed by atoms with Crippen LogP contribution in [-0.4, -0.2) is 17.7 Å². The quantitative estimate of drug-likeness (QED) is 0.743. The van der Waals surface area contributed by atoms with Crippen LogP contribution in [0.25, 0.3) is 16.6 Å². The third kappa shape index (κ3) is 2.63. The standard InChI is InChI=1S/C19H18F2N2/c20-14-1-4-16(5-2-14)23-12-18(13-7-9-22-10-8-13)17-11-15(21)3-6-19(17)23/h1-6,11-13,22H,7-10H2. The van der Waals surface area contributed by atoms with E-state index in [4.69, 9.17) is 0 Å². The summed E-state index contributed by atoms with van der Waals surface area (Å²) >= 11 is 0. The maximum atomic E-state index is 13.8. The molecule has 0 amide bonds. The van der Waals surface area contributed by atoms with Gasteiger partial charge in [-0.15, -0.1) is 0 Å². The lowest BCUT2D eigenvalue weighted by molar-refractivity contribution is 0.462. The van der Waals surface area contributed by atoms with Crippen LogP contribution in [0.5, 0.6) is 0 Å². The summed E-state index contributed by atoms with van der Waals surface area (Å²) in [7, 11) is 0. The number of aromatic nitrogens is 1. The number of hydrogen-bond acceptors (Lipinski definition) is 1. The molecule has 0 spiro atoms. The van der Waals surface area contributed by atoms with Crippen molar-refractivity contribution in [2.24, 2.45) is 0 Å². The van der Waals surface area contributed by atoms with E-state index in [9.17, 15) is 8.78 Å². The average Bonchev–Trinajstić information content (AvgIpc) is 2.95. The van der Waals surface area contributed by atoms with Crippen molar-refractivity contribution >= 4 is 10.9 Å². The molecule has 1 saturated heterocycles. The summed E-state index contributed by atoms with van der Waals surface area (Å²) in [4.78, 5) is 0. The van der Waals surface area contributed by atoms with Gasteiger partial charge in [0.25, 0.3) is 0 Å². The SMILES string of the molecule is Fc1ccc(-n2cc(C3CCNCC3)c3cc(F)ccc32)cc1. The molecule has 1 aliphatic heterocycles. The van der Waals surface area contributed by atoms with Crippen molar-refractivity contribution in [2.45, 2.75) is 18.8 Å². The molecule has 0 atom stereocenters. The minimum Gasteiger partial charge on any atom is -0.317 e. The van der Waals surface area contributed by atoms with Gasteiger partial charge in [0.2, 0.25) is 0 Å². The van der Waals surface area contributed by atoms with Gasteiger partial charge in [-0.2, -0.15) is 0 Å². The van der Waals surface area contributed by atoms with Gasteiger partial charge in [0.05, 0.1) is 5.52 Å². The molecule has 4 heteroatoms. The van der Waals surface area contributed by atoms with Crippen LogP contribution < -0.4 is 5.32 Å². The number of nitrogens with zero attached hydrogens (tertiary/aromatic N) is 1. The van der Waals surface area contributed by atoms with Crippen molar-refractivity contribution in [1.82, 2.24) is 9.88 Å². The molecule has 118 valence electrons. The highest BCUT2D eigenvalue weighted by Crippen LogP contribution is 2.34. The van der Waals surface area contributed by atoms with E-state index in [1.54, 1.807) is 24.3 Å². The van der Waals surface area contributed by atoms with Crippen LogP contribution in [0.1, 0.15) is 24.3 Å². The molecule has 3 aromatic rings. The first kappa shape index (κ1) is 14.4. The minimum atomic E-state index is -0.255. The number of hydrogen-bond donors (Lipinski definition) is 1. The second-order valence-electron chi connectivity index (χ2n) is 6.12. The van der Waals surface area contributed by atoms with Crippen molar-refractivity contribution in [2.75, 3.05) is 13.1 Å². The number of benzene rings is 2. The lowest BCUT2D eigenvalue weighted by Crippen LogP contribution is -2.26. The summed E-state index contributed by atoms with van der Waals surface area (Å²) in [6.07, 6.45) is 4.20. The molecule has 2 heterocycles. The number of halogens is 2. The Morgan fingerprint density at radius 1 is 0.913 bits per heavy atom. The molecule has 1 aromatic heterocycles. The van der Waals surface area contributed by atoms with Gasteiger partial charge in [0.15, 0.2) is 0 Å². The zero-order chi connectivity index (χ0) is 15.8. The third-order valence-electron chi connectivity index (χ3n) is 4.68. The van der Waals surface area contributed by atoms with Gasteiger partial charge < -0.3 is 9.88 Å². The summed E-state index contributed by atoms with van der Waals surface area (Å²) in [5, 5.41) is 4.33. The van der Waals surface area contributed by atoms with E-state index in [-0.39, 0.29) is 11.6 Å². The smallest absolute Gasteiger partial charge is 0.123 e. The van der Waals surface area contributed by atoms with Crippen LogP contribution in [0.3, 0.4) is 0 Å². The van der Waals surface area contributed by atoms with Crippen LogP contribution >= 0.6 is 0 Å². The third-order valence-corrected chi connectivity index (χ3v) is 4.68. The maximum absolute atomic E-state index is 13.8. The molecule has 0 saturated carbocycles. The first-order valence-corrected chi connectivity index (χ1v) is 7.99. The summed E-state index contributed by atoms with van der Waals surface area (Å²) < 4.78 is 29.0. The van der Waals surface area contributed by atoms with E-state index in [0.717, 1.165) is 42.5 Å². The van der Waals surface area contributed by atoms with Gasteiger partial charge in [-0.05, 0) is 79.9 Å². The van der Waals surface area contributed by atoms with Crippen LogP contribution in [-0.2, 0) is 0 Å². The number of rotatable bonds is 2. The number of nitrogens with one attached hydrogen (secondary N) is 1. The Kier molecular flexibility index (Phi) is 3.62. The Balaban J connectivity index is 1.89. The van der Waals surface area contributed by atoms with Crippen LogP contribution in [0.15, 0.2) is 48.7 Å².